The molecule has 2 rings (SSSR count). The molecular weight excluding hydrogens is 236 g/mol. The number of rotatable bonds is 5. The lowest BCUT2D eigenvalue weighted by atomic mass is 9.92. The molecule has 0 radical (unpaired) electrons. The summed E-state index contributed by atoms with van der Waals surface area (Å²) in [6.07, 6.45) is 2.30. The van der Waals surface area contributed by atoms with Crippen molar-refractivity contribution >= 4 is 17.8 Å². The van der Waals surface area contributed by atoms with E-state index in [1.54, 1.807) is 7.05 Å². The molecule has 1 aliphatic heterocycles. The predicted molar refractivity (Wildman–Crippen MR) is 62.5 cm³/mol. The Kier molecular flexibility index (Phi) is 3.38. The highest BCUT2D eigenvalue weighted by Crippen LogP contribution is 2.41. The number of carbonyl (C=O) groups is 3. The fourth-order valence-corrected chi connectivity index (χ4v) is 2.55. The first kappa shape index (κ1) is 13.0. The standard InChI is InChI=1S/C12H18N2O4/c1-13-12(8-3-4-8,11(17)18-2)7-14-9(15)5-6-10(14)16/h8,13H,3-7H2,1-2H3. The number of hydrogen-bond donors (Lipinski definition) is 1. The van der Waals surface area contributed by atoms with Gasteiger partial charge in [0.1, 0.15) is 5.54 Å². The Morgan fingerprint density at radius 1 is 1.39 bits per heavy atom. The third-order valence-corrected chi connectivity index (χ3v) is 3.83. The highest BCUT2D eigenvalue weighted by molar-refractivity contribution is 6.02. The monoisotopic (exact) mass is 254 g/mol. The number of methoxy groups -OCH3 is 1. The number of likely N-dealkylation sites (tertiary alicyclic amines) is 1. The lowest BCUT2D eigenvalue weighted by Crippen LogP contribution is -2.60. The number of amides is 2. The van der Waals surface area contributed by atoms with Gasteiger partial charge in [-0.3, -0.25) is 14.5 Å². The Hall–Kier alpha value is -1.43. The number of ether oxygens (including phenoxy) is 1. The van der Waals surface area contributed by atoms with Gasteiger partial charge >= 0.3 is 5.97 Å². The van der Waals surface area contributed by atoms with Crippen LogP contribution in [0.5, 0.6) is 0 Å². The summed E-state index contributed by atoms with van der Waals surface area (Å²) in [5.41, 5.74) is -0.940. The molecular formula is C12H18N2O4. The van der Waals surface area contributed by atoms with Gasteiger partial charge in [-0.25, -0.2) is 4.79 Å². The number of carbonyl (C=O) groups excluding carboxylic acids is 3. The van der Waals surface area contributed by atoms with Crippen LogP contribution in [0.2, 0.25) is 0 Å². The van der Waals surface area contributed by atoms with Crippen LogP contribution in [0.15, 0.2) is 0 Å². The van der Waals surface area contributed by atoms with Gasteiger partial charge in [-0.2, -0.15) is 0 Å². The Morgan fingerprint density at radius 3 is 2.33 bits per heavy atom. The molecule has 0 aromatic heterocycles. The van der Waals surface area contributed by atoms with Crippen LogP contribution in [-0.2, 0) is 19.1 Å². The van der Waals surface area contributed by atoms with Crippen LogP contribution >= 0.6 is 0 Å². The summed E-state index contributed by atoms with van der Waals surface area (Å²) in [5.74, 6) is -0.676. The first-order valence-electron chi connectivity index (χ1n) is 6.15. The maximum atomic E-state index is 12.0. The molecule has 100 valence electrons. The molecule has 1 atom stereocenters. The molecule has 1 saturated heterocycles. The fourth-order valence-electron chi connectivity index (χ4n) is 2.55. The molecule has 2 amide bonds. The highest BCUT2D eigenvalue weighted by atomic mass is 16.5. The largest absolute Gasteiger partial charge is 0.468 e. The number of imide groups is 1. The summed E-state index contributed by atoms with van der Waals surface area (Å²) in [6, 6.07) is 0. The summed E-state index contributed by atoms with van der Waals surface area (Å²) < 4.78 is 4.84. The number of hydrogen-bond acceptors (Lipinski definition) is 5. The van der Waals surface area contributed by atoms with Gasteiger partial charge in [-0.1, -0.05) is 0 Å². The zero-order valence-electron chi connectivity index (χ0n) is 10.7. The molecule has 6 nitrogen and oxygen atoms in total. The van der Waals surface area contributed by atoms with Crippen molar-refractivity contribution in [3.63, 3.8) is 0 Å². The molecule has 18 heavy (non-hydrogen) atoms. The molecule has 6 heteroatoms. The van der Waals surface area contributed by atoms with Crippen LogP contribution in [0.1, 0.15) is 25.7 Å². The van der Waals surface area contributed by atoms with Gasteiger partial charge in [0.05, 0.1) is 13.7 Å². The molecule has 1 aliphatic carbocycles. The zero-order chi connectivity index (χ0) is 13.3. The van der Waals surface area contributed by atoms with Crippen LogP contribution in [-0.4, -0.2) is 48.9 Å². The highest BCUT2D eigenvalue weighted by Gasteiger charge is 2.53. The molecule has 0 aromatic rings. The lowest BCUT2D eigenvalue weighted by molar-refractivity contribution is -0.152. The molecule has 1 N–H and O–H groups in total. The molecule has 1 unspecified atom stereocenters. The normalized spacial score (nSPS) is 23.1. The second-order valence-electron chi connectivity index (χ2n) is 4.86. The van der Waals surface area contributed by atoms with E-state index in [-0.39, 0.29) is 37.1 Å². The van der Waals surface area contributed by atoms with Crippen LogP contribution in [0.4, 0.5) is 0 Å². The Bertz CT molecular complexity index is 376. The minimum Gasteiger partial charge on any atom is -0.468 e. The smallest absolute Gasteiger partial charge is 0.328 e. The average molecular weight is 254 g/mol. The number of nitrogens with zero attached hydrogens (tertiary/aromatic N) is 1. The van der Waals surface area contributed by atoms with Gasteiger partial charge in [0.15, 0.2) is 0 Å². The SMILES string of the molecule is CNC(CN1C(=O)CCC1=O)(C(=O)OC)C1CC1. The van der Waals surface area contributed by atoms with Crippen molar-refractivity contribution in [2.24, 2.45) is 5.92 Å². The van der Waals surface area contributed by atoms with Crippen molar-refractivity contribution in [3.8, 4) is 0 Å². The molecule has 2 aliphatic rings. The molecule has 2 fully saturated rings. The molecule has 1 saturated carbocycles. The minimum absolute atomic E-state index is 0.0819. The quantitative estimate of drug-likeness (QED) is 0.537. The van der Waals surface area contributed by atoms with Gasteiger partial charge in [0.25, 0.3) is 0 Å². The summed E-state index contributed by atoms with van der Waals surface area (Å²) in [4.78, 5) is 36.5. The lowest BCUT2D eigenvalue weighted by Gasteiger charge is -2.33. The average Bonchev–Trinajstić information content (AvgIpc) is 3.17. The molecule has 0 aromatic carbocycles. The van der Waals surface area contributed by atoms with Gasteiger partial charge in [0, 0.05) is 12.8 Å². The van der Waals surface area contributed by atoms with E-state index in [1.807, 2.05) is 0 Å². The van der Waals surface area contributed by atoms with Crippen molar-refractivity contribution < 1.29 is 19.1 Å². The van der Waals surface area contributed by atoms with Crippen LogP contribution in [0.3, 0.4) is 0 Å². The third kappa shape index (κ3) is 2.01. The van der Waals surface area contributed by atoms with Gasteiger partial charge in [-0.05, 0) is 25.8 Å². The van der Waals surface area contributed by atoms with Crippen molar-refractivity contribution in [2.75, 3.05) is 20.7 Å². The Morgan fingerprint density at radius 2 is 1.94 bits per heavy atom. The summed E-state index contributed by atoms with van der Waals surface area (Å²) in [6.45, 7) is 0.0819. The number of nitrogens with one attached hydrogen (secondary N) is 1. The van der Waals surface area contributed by atoms with E-state index >= 15 is 0 Å². The van der Waals surface area contributed by atoms with Crippen LogP contribution in [0, 0.1) is 5.92 Å². The second-order valence-corrected chi connectivity index (χ2v) is 4.86. The van der Waals surface area contributed by atoms with Crippen LogP contribution < -0.4 is 5.32 Å². The van der Waals surface area contributed by atoms with E-state index in [1.165, 1.54) is 12.0 Å². The number of likely N-dealkylation sites (N-methyl/N-ethyl adjacent to an activating group) is 1. The Labute approximate surface area is 106 Å². The van der Waals surface area contributed by atoms with Crippen molar-refractivity contribution in [1.82, 2.24) is 10.2 Å². The Balaban J connectivity index is 2.22. The molecule has 1 heterocycles. The maximum Gasteiger partial charge on any atom is 0.328 e. The minimum atomic E-state index is -0.940. The van der Waals surface area contributed by atoms with Crippen molar-refractivity contribution in [2.45, 2.75) is 31.2 Å². The summed E-state index contributed by atoms with van der Waals surface area (Å²) >= 11 is 0. The zero-order valence-corrected chi connectivity index (χ0v) is 10.7. The van der Waals surface area contributed by atoms with Gasteiger partial charge < -0.3 is 10.1 Å². The van der Waals surface area contributed by atoms with E-state index in [2.05, 4.69) is 5.32 Å². The summed E-state index contributed by atoms with van der Waals surface area (Å²) in [7, 11) is 2.99. The summed E-state index contributed by atoms with van der Waals surface area (Å²) in [5, 5.41) is 2.98. The van der Waals surface area contributed by atoms with Gasteiger partial charge in [-0.15, -0.1) is 0 Å². The maximum absolute atomic E-state index is 12.0. The number of esters is 1. The fraction of sp³-hybridized carbons (Fsp3) is 0.750. The van der Waals surface area contributed by atoms with E-state index in [0.29, 0.717) is 0 Å². The molecule has 0 bridgehead atoms. The predicted octanol–water partition coefficient (Wildman–Crippen LogP) is -0.323. The first-order chi connectivity index (χ1) is 8.55. The van der Waals surface area contributed by atoms with Crippen molar-refractivity contribution in [1.29, 1.82) is 0 Å². The van der Waals surface area contributed by atoms with E-state index in [9.17, 15) is 14.4 Å². The first-order valence-corrected chi connectivity index (χ1v) is 6.15. The third-order valence-electron chi connectivity index (χ3n) is 3.83. The van der Waals surface area contributed by atoms with E-state index in [0.717, 1.165) is 12.8 Å². The van der Waals surface area contributed by atoms with E-state index < -0.39 is 11.5 Å². The molecule has 0 spiro atoms. The van der Waals surface area contributed by atoms with Crippen LogP contribution in [0.25, 0.3) is 0 Å². The van der Waals surface area contributed by atoms with Gasteiger partial charge in [0.2, 0.25) is 11.8 Å². The van der Waals surface area contributed by atoms with Crippen molar-refractivity contribution in [3.05, 3.63) is 0 Å². The topological polar surface area (TPSA) is 75.7 Å². The van der Waals surface area contributed by atoms with E-state index in [4.69, 9.17) is 4.74 Å². The second kappa shape index (κ2) is 4.68.